The van der Waals surface area contributed by atoms with Gasteiger partial charge in [0.2, 0.25) is 0 Å². The Hall–Kier alpha value is -1.46. The zero-order valence-electron chi connectivity index (χ0n) is 10.6. The average Bonchev–Trinajstić information content (AvgIpc) is 2.46. The average molecular weight is 353 g/mol. The molecule has 0 bridgehead atoms. The largest absolute Gasteiger partial charge is 0.493 e. The molecule has 0 radical (unpaired) electrons. The predicted octanol–water partition coefficient (Wildman–Crippen LogP) is 4.32. The van der Waals surface area contributed by atoms with Crippen LogP contribution in [0.3, 0.4) is 0 Å². The van der Waals surface area contributed by atoms with Crippen molar-refractivity contribution in [3.63, 3.8) is 0 Å². The second-order valence-corrected chi connectivity index (χ2v) is 5.95. The third kappa shape index (κ3) is 4.28. The van der Waals surface area contributed by atoms with Crippen molar-refractivity contribution in [2.24, 2.45) is 0 Å². The van der Waals surface area contributed by atoms with E-state index in [1.807, 2.05) is 18.2 Å². The Morgan fingerprint density at radius 1 is 1.15 bits per heavy atom. The van der Waals surface area contributed by atoms with Crippen molar-refractivity contribution in [3.8, 4) is 5.75 Å². The topological polar surface area (TPSA) is 46.5 Å². The summed E-state index contributed by atoms with van der Waals surface area (Å²) in [5.41, 5.74) is 0.264. The molecule has 104 valence electrons. The van der Waals surface area contributed by atoms with Crippen LogP contribution in [0.1, 0.15) is 10.4 Å². The summed E-state index contributed by atoms with van der Waals surface area (Å²) in [7, 11) is 0. The first-order valence-electron chi connectivity index (χ1n) is 6.00. The molecule has 0 saturated carbocycles. The first-order valence-corrected chi connectivity index (χ1v) is 7.78. The number of benzene rings is 2. The van der Waals surface area contributed by atoms with E-state index >= 15 is 0 Å². The van der Waals surface area contributed by atoms with Crippen LogP contribution in [0.15, 0.2) is 57.9 Å². The highest BCUT2D eigenvalue weighted by Crippen LogP contribution is 2.26. The molecule has 0 heterocycles. The minimum Gasteiger partial charge on any atom is -0.493 e. The lowest BCUT2D eigenvalue weighted by Gasteiger charge is -2.07. The van der Waals surface area contributed by atoms with Crippen LogP contribution in [0.2, 0.25) is 0 Å². The zero-order chi connectivity index (χ0) is 14.4. The summed E-state index contributed by atoms with van der Waals surface area (Å²) in [4.78, 5) is 11.9. The minimum atomic E-state index is -0.930. The number of thioether (sulfide) groups is 1. The van der Waals surface area contributed by atoms with E-state index in [1.165, 1.54) is 4.90 Å². The number of ether oxygens (including phenoxy) is 1. The van der Waals surface area contributed by atoms with Crippen molar-refractivity contribution < 1.29 is 14.6 Å². The molecule has 0 aliphatic carbocycles. The van der Waals surface area contributed by atoms with Gasteiger partial charge in [0.05, 0.1) is 12.2 Å². The van der Waals surface area contributed by atoms with Crippen LogP contribution >= 0.6 is 27.7 Å². The van der Waals surface area contributed by atoms with Crippen LogP contribution in [-0.4, -0.2) is 23.4 Å². The quantitative estimate of drug-likeness (QED) is 0.621. The smallest absolute Gasteiger partial charge is 0.335 e. The lowest BCUT2D eigenvalue weighted by molar-refractivity contribution is 0.0697. The molecular weight excluding hydrogens is 340 g/mol. The molecule has 2 aromatic carbocycles. The number of halogens is 1. The van der Waals surface area contributed by atoms with Gasteiger partial charge in [0.25, 0.3) is 0 Å². The van der Waals surface area contributed by atoms with Gasteiger partial charge in [-0.25, -0.2) is 4.79 Å². The van der Waals surface area contributed by atoms with Crippen LogP contribution in [-0.2, 0) is 0 Å². The third-order valence-corrected chi connectivity index (χ3v) is 4.54. The van der Waals surface area contributed by atoms with Crippen LogP contribution in [0.4, 0.5) is 0 Å². The molecule has 0 fully saturated rings. The van der Waals surface area contributed by atoms with Crippen molar-refractivity contribution in [2.75, 3.05) is 12.4 Å². The molecule has 0 amide bonds. The SMILES string of the molecule is O=C(O)c1ccc(OCCSc2ccccc2Br)cc1. The Balaban J connectivity index is 1.79. The van der Waals surface area contributed by atoms with Crippen molar-refractivity contribution in [1.29, 1.82) is 0 Å². The minimum absolute atomic E-state index is 0.264. The standard InChI is InChI=1S/C15H13BrO3S/c16-13-3-1-2-4-14(13)20-10-9-19-12-7-5-11(6-8-12)15(17)18/h1-8H,9-10H2,(H,17,18). The van der Waals surface area contributed by atoms with Crippen molar-refractivity contribution in [2.45, 2.75) is 4.90 Å². The number of carbonyl (C=O) groups is 1. The summed E-state index contributed by atoms with van der Waals surface area (Å²) < 4.78 is 6.65. The third-order valence-electron chi connectivity index (χ3n) is 2.55. The highest BCUT2D eigenvalue weighted by molar-refractivity contribution is 9.10. The maximum Gasteiger partial charge on any atom is 0.335 e. The van der Waals surface area contributed by atoms with E-state index in [0.29, 0.717) is 12.4 Å². The van der Waals surface area contributed by atoms with E-state index in [-0.39, 0.29) is 5.56 Å². The fraction of sp³-hybridized carbons (Fsp3) is 0.133. The molecule has 3 nitrogen and oxygen atoms in total. The first-order chi connectivity index (χ1) is 9.66. The van der Waals surface area contributed by atoms with E-state index < -0.39 is 5.97 Å². The van der Waals surface area contributed by atoms with Crippen LogP contribution < -0.4 is 4.74 Å². The Morgan fingerprint density at radius 3 is 2.50 bits per heavy atom. The number of hydrogen-bond donors (Lipinski definition) is 1. The van der Waals surface area contributed by atoms with Gasteiger partial charge in [-0.3, -0.25) is 0 Å². The molecule has 2 aromatic rings. The zero-order valence-corrected chi connectivity index (χ0v) is 13.0. The van der Waals surface area contributed by atoms with Crippen molar-refractivity contribution in [3.05, 3.63) is 58.6 Å². The monoisotopic (exact) mass is 352 g/mol. The van der Waals surface area contributed by atoms with Crippen LogP contribution in [0, 0.1) is 0 Å². The highest BCUT2D eigenvalue weighted by Gasteiger charge is 2.03. The summed E-state index contributed by atoms with van der Waals surface area (Å²) in [5, 5.41) is 8.79. The van der Waals surface area contributed by atoms with Crippen molar-refractivity contribution in [1.82, 2.24) is 0 Å². The van der Waals surface area contributed by atoms with Gasteiger partial charge < -0.3 is 9.84 Å². The fourth-order valence-electron chi connectivity index (χ4n) is 1.57. The molecule has 0 aliphatic rings. The van der Waals surface area contributed by atoms with E-state index in [0.717, 1.165) is 10.2 Å². The molecule has 2 rings (SSSR count). The Morgan fingerprint density at radius 2 is 1.85 bits per heavy atom. The van der Waals surface area contributed by atoms with Gasteiger partial charge in [-0.1, -0.05) is 12.1 Å². The van der Waals surface area contributed by atoms with Gasteiger partial charge in [-0.05, 0) is 52.3 Å². The second kappa shape index (κ2) is 7.36. The van der Waals surface area contributed by atoms with Crippen LogP contribution in [0.5, 0.6) is 5.75 Å². The molecular formula is C15H13BrO3S. The number of carboxylic acids is 1. The maximum absolute atomic E-state index is 10.7. The van der Waals surface area contributed by atoms with Crippen molar-refractivity contribution >= 4 is 33.7 Å². The molecule has 0 spiro atoms. The number of carboxylic acid groups (broad SMARTS) is 1. The number of aromatic carboxylic acids is 1. The molecule has 0 unspecified atom stereocenters. The summed E-state index contributed by atoms with van der Waals surface area (Å²) in [6.07, 6.45) is 0. The van der Waals surface area contributed by atoms with Gasteiger partial charge in [0.1, 0.15) is 5.75 Å². The van der Waals surface area contributed by atoms with Gasteiger partial charge in [-0.15, -0.1) is 11.8 Å². The Kier molecular flexibility index (Phi) is 5.49. The second-order valence-electron chi connectivity index (χ2n) is 3.96. The van der Waals surface area contributed by atoms with E-state index in [1.54, 1.807) is 36.0 Å². The predicted molar refractivity (Wildman–Crippen MR) is 83.8 cm³/mol. The molecule has 1 N–H and O–H groups in total. The lowest BCUT2D eigenvalue weighted by Crippen LogP contribution is -2.01. The van der Waals surface area contributed by atoms with E-state index in [4.69, 9.17) is 9.84 Å². The molecule has 0 aliphatic heterocycles. The number of hydrogen-bond acceptors (Lipinski definition) is 3. The Labute approximate surface area is 130 Å². The summed E-state index contributed by atoms with van der Waals surface area (Å²) >= 11 is 5.21. The highest BCUT2D eigenvalue weighted by atomic mass is 79.9. The molecule has 5 heteroatoms. The van der Waals surface area contributed by atoms with Gasteiger partial charge in [0.15, 0.2) is 0 Å². The molecule has 0 saturated heterocycles. The van der Waals surface area contributed by atoms with Crippen LogP contribution in [0.25, 0.3) is 0 Å². The lowest BCUT2D eigenvalue weighted by atomic mass is 10.2. The normalized spacial score (nSPS) is 10.2. The first kappa shape index (κ1) is 14.9. The van der Waals surface area contributed by atoms with Gasteiger partial charge in [0, 0.05) is 15.1 Å². The van der Waals surface area contributed by atoms with E-state index in [9.17, 15) is 4.79 Å². The van der Waals surface area contributed by atoms with Gasteiger partial charge >= 0.3 is 5.97 Å². The Bertz CT molecular complexity index is 584. The van der Waals surface area contributed by atoms with E-state index in [2.05, 4.69) is 22.0 Å². The molecule has 0 aromatic heterocycles. The molecule has 0 atom stereocenters. The fourth-order valence-corrected chi connectivity index (χ4v) is 2.96. The summed E-state index contributed by atoms with van der Waals surface area (Å²) in [6.45, 7) is 0.568. The molecule has 20 heavy (non-hydrogen) atoms. The van der Waals surface area contributed by atoms with Gasteiger partial charge in [-0.2, -0.15) is 0 Å². The summed E-state index contributed by atoms with van der Waals surface area (Å²) in [6, 6.07) is 14.5. The summed E-state index contributed by atoms with van der Waals surface area (Å²) in [5.74, 6) is 0.576. The maximum atomic E-state index is 10.7. The number of rotatable bonds is 6.